The van der Waals surface area contributed by atoms with E-state index in [1.54, 1.807) is 0 Å². The molecule has 1 aliphatic heterocycles. The SMILES string of the molecule is OCc1cccc(CNC2CCCC2C2COCCN2)c1. The van der Waals surface area contributed by atoms with E-state index in [1.807, 2.05) is 12.1 Å². The van der Waals surface area contributed by atoms with Crippen LogP contribution >= 0.6 is 0 Å². The minimum Gasteiger partial charge on any atom is -0.392 e. The molecule has 4 heteroatoms. The number of aliphatic hydroxyl groups excluding tert-OH is 1. The van der Waals surface area contributed by atoms with Crippen LogP contribution in [0, 0.1) is 5.92 Å². The lowest BCUT2D eigenvalue weighted by Gasteiger charge is -2.33. The van der Waals surface area contributed by atoms with E-state index in [2.05, 4.69) is 22.8 Å². The van der Waals surface area contributed by atoms with Crippen LogP contribution in [0.5, 0.6) is 0 Å². The predicted molar refractivity (Wildman–Crippen MR) is 82.9 cm³/mol. The van der Waals surface area contributed by atoms with Gasteiger partial charge < -0.3 is 20.5 Å². The Labute approximate surface area is 126 Å². The smallest absolute Gasteiger partial charge is 0.0681 e. The van der Waals surface area contributed by atoms with Gasteiger partial charge in [0.05, 0.1) is 19.8 Å². The van der Waals surface area contributed by atoms with Crippen LogP contribution in [-0.2, 0) is 17.9 Å². The minimum absolute atomic E-state index is 0.114. The van der Waals surface area contributed by atoms with Crippen molar-refractivity contribution in [2.75, 3.05) is 19.8 Å². The van der Waals surface area contributed by atoms with E-state index in [9.17, 15) is 5.11 Å². The average Bonchev–Trinajstić information content (AvgIpc) is 3.02. The van der Waals surface area contributed by atoms with Gasteiger partial charge in [-0.1, -0.05) is 30.7 Å². The largest absolute Gasteiger partial charge is 0.392 e. The van der Waals surface area contributed by atoms with Crippen molar-refractivity contribution in [1.29, 1.82) is 0 Å². The van der Waals surface area contributed by atoms with Gasteiger partial charge in [-0.15, -0.1) is 0 Å². The fourth-order valence-corrected chi connectivity index (χ4v) is 3.67. The Balaban J connectivity index is 1.55. The molecule has 21 heavy (non-hydrogen) atoms. The monoisotopic (exact) mass is 290 g/mol. The van der Waals surface area contributed by atoms with E-state index in [0.29, 0.717) is 18.0 Å². The van der Waals surface area contributed by atoms with Crippen molar-refractivity contribution in [1.82, 2.24) is 10.6 Å². The van der Waals surface area contributed by atoms with Gasteiger partial charge in [0, 0.05) is 25.2 Å². The molecule has 3 atom stereocenters. The first-order valence-corrected chi connectivity index (χ1v) is 8.10. The zero-order valence-electron chi connectivity index (χ0n) is 12.6. The molecule has 0 bridgehead atoms. The zero-order chi connectivity index (χ0) is 14.5. The van der Waals surface area contributed by atoms with E-state index in [1.165, 1.54) is 24.8 Å². The second kappa shape index (κ2) is 7.36. The highest BCUT2D eigenvalue weighted by atomic mass is 16.5. The van der Waals surface area contributed by atoms with E-state index < -0.39 is 0 Å². The molecular formula is C17H26N2O2. The Morgan fingerprint density at radius 1 is 1.29 bits per heavy atom. The molecule has 1 heterocycles. The van der Waals surface area contributed by atoms with Gasteiger partial charge in [-0.05, 0) is 29.9 Å². The van der Waals surface area contributed by atoms with Gasteiger partial charge >= 0.3 is 0 Å². The second-order valence-electron chi connectivity index (χ2n) is 6.20. The van der Waals surface area contributed by atoms with Crippen LogP contribution in [0.1, 0.15) is 30.4 Å². The molecule has 1 saturated heterocycles. The fourth-order valence-electron chi connectivity index (χ4n) is 3.67. The molecule has 3 rings (SSSR count). The minimum atomic E-state index is 0.114. The molecule has 1 aliphatic carbocycles. The summed E-state index contributed by atoms with van der Waals surface area (Å²) in [5.74, 6) is 0.673. The van der Waals surface area contributed by atoms with Gasteiger partial charge in [-0.3, -0.25) is 0 Å². The van der Waals surface area contributed by atoms with Crippen molar-refractivity contribution < 1.29 is 9.84 Å². The number of hydrogen-bond acceptors (Lipinski definition) is 4. The zero-order valence-corrected chi connectivity index (χ0v) is 12.6. The van der Waals surface area contributed by atoms with E-state index >= 15 is 0 Å². The Hall–Kier alpha value is -0.940. The normalized spacial score (nSPS) is 29.7. The van der Waals surface area contributed by atoms with Crippen LogP contribution in [0.4, 0.5) is 0 Å². The number of nitrogens with one attached hydrogen (secondary N) is 2. The van der Waals surface area contributed by atoms with Crippen molar-refractivity contribution >= 4 is 0 Å². The van der Waals surface area contributed by atoms with Gasteiger partial charge in [0.2, 0.25) is 0 Å². The molecule has 3 unspecified atom stereocenters. The van der Waals surface area contributed by atoms with Crippen LogP contribution in [0.2, 0.25) is 0 Å². The Morgan fingerprint density at radius 2 is 2.19 bits per heavy atom. The van der Waals surface area contributed by atoms with Crippen LogP contribution in [0.15, 0.2) is 24.3 Å². The third-order valence-corrected chi connectivity index (χ3v) is 4.78. The van der Waals surface area contributed by atoms with Gasteiger partial charge in [0.1, 0.15) is 0 Å². The van der Waals surface area contributed by atoms with Crippen LogP contribution in [0.3, 0.4) is 0 Å². The molecule has 1 aromatic rings. The van der Waals surface area contributed by atoms with Crippen molar-refractivity contribution in [2.24, 2.45) is 5.92 Å². The molecule has 0 amide bonds. The molecule has 2 aliphatic rings. The lowest BCUT2D eigenvalue weighted by Crippen LogP contribution is -2.50. The lowest BCUT2D eigenvalue weighted by atomic mass is 9.94. The molecule has 1 aromatic carbocycles. The van der Waals surface area contributed by atoms with E-state index in [-0.39, 0.29) is 6.61 Å². The Morgan fingerprint density at radius 3 is 3.00 bits per heavy atom. The molecule has 0 aromatic heterocycles. The molecule has 3 N–H and O–H groups in total. The summed E-state index contributed by atoms with van der Waals surface area (Å²) >= 11 is 0. The average molecular weight is 290 g/mol. The first-order chi connectivity index (χ1) is 10.4. The van der Waals surface area contributed by atoms with Gasteiger partial charge in [-0.25, -0.2) is 0 Å². The number of hydrogen-bond donors (Lipinski definition) is 3. The summed E-state index contributed by atoms with van der Waals surface area (Å²) in [6.45, 7) is 3.66. The Kier molecular flexibility index (Phi) is 5.25. The maximum Gasteiger partial charge on any atom is 0.0681 e. The first-order valence-electron chi connectivity index (χ1n) is 8.10. The second-order valence-corrected chi connectivity index (χ2v) is 6.20. The summed E-state index contributed by atoms with van der Waals surface area (Å²) in [6, 6.07) is 9.26. The predicted octanol–water partition coefficient (Wildman–Crippen LogP) is 1.43. The summed E-state index contributed by atoms with van der Waals surface area (Å²) in [4.78, 5) is 0. The third kappa shape index (κ3) is 3.83. The topological polar surface area (TPSA) is 53.5 Å². The number of ether oxygens (including phenoxy) is 1. The standard InChI is InChI=1S/C17H26N2O2/c20-11-14-4-1-3-13(9-14)10-19-16-6-2-5-15(16)17-12-21-8-7-18-17/h1,3-4,9,15-20H,2,5-8,10-12H2. The van der Waals surface area contributed by atoms with Gasteiger partial charge in [0.25, 0.3) is 0 Å². The van der Waals surface area contributed by atoms with Gasteiger partial charge in [0.15, 0.2) is 0 Å². The highest BCUT2D eigenvalue weighted by Gasteiger charge is 2.34. The maximum absolute atomic E-state index is 9.21. The van der Waals surface area contributed by atoms with Crippen molar-refractivity contribution in [3.63, 3.8) is 0 Å². The van der Waals surface area contributed by atoms with Crippen LogP contribution < -0.4 is 10.6 Å². The van der Waals surface area contributed by atoms with E-state index in [4.69, 9.17) is 4.74 Å². The molecule has 0 spiro atoms. The highest BCUT2D eigenvalue weighted by molar-refractivity contribution is 5.22. The fraction of sp³-hybridized carbons (Fsp3) is 0.647. The lowest BCUT2D eigenvalue weighted by molar-refractivity contribution is 0.0524. The van der Waals surface area contributed by atoms with Gasteiger partial charge in [-0.2, -0.15) is 0 Å². The van der Waals surface area contributed by atoms with Crippen molar-refractivity contribution in [3.05, 3.63) is 35.4 Å². The number of morpholine rings is 1. The first kappa shape index (κ1) is 15.0. The number of aliphatic hydroxyl groups is 1. The highest BCUT2D eigenvalue weighted by Crippen LogP contribution is 2.29. The van der Waals surface area contributed by atoms with Crippen LogP contribution in [-0.4, -0.2) is 36.9 Å². The van der Waals surface area contributed by atoms with Crippen LogP contribution in [0.25, 0.3) is 0 Å². The molecule has 0 radical (unpaired) electrons. The molecule has 1 saturated carbocycles. The van der Waals surface area contributed by atoms with Crippen molar-refractivity contribution in [2.45, 2.75) is 44.5 Å². The quantitative estimate of drug-likeness (QED) is 0.768. The van der Waals surface area contributed by atoms with E-state index in [0.717, 1.165) is 31.9 Å². The summed E-state index contributed by atoms with van der Waals surface area (Å²) in [7, 11) is 0. The van der Waals surface area contributed by atoms with Crippen molar-refractivity contribution in [3.8, 4) is 0 Å². The summed E-state index contributed by atoms with van der Waals surface area (Å²) < 4.78 is 5.62. The number of rotatable bonds is 5. The summed E-state index contributed by atoms with van der Waals surface area (Å²) in [5.41, 5.74) is 2.24. The molecule has 116 valence electrons. The maximum atomic E-state index is 9.21. The third-order valence-electron chi connectivity index (χ3n) is 4.78. The Bertz CT molecular complexity index is 446. The summed E-state index contributed by atoms with van der Waals surface area (Å²) in [6.07, 6.45) is 3.84. The molecule has 4 nitrogen and oxygen atoms in total. The summed E-state index contributed by atoms with van der Waals surface area (Å²) in [5, 5.41) is 16.5. The number of benzene rings is 1. The molecule has 2 fully saturated rings. The molecular weight excluding hydrogens is 264 g/mol.